The second-order valence-corrected chi connectivity index (χ2v) is 6.35. The standard InChI is InChI=1S/C14H18N4OS/c1-17-6-5-16-11(17)8-18(2)12-7-10(15)14(20-12)13(19)9-3-4-9/h5-7,9H,3-4,8,15H2,1-2H3. The minimum absolute atomic E-state index is 0.212. The van der Waals surface area contributed by atoms with Gasteiger partial charge in [0.25, 0.3) is 0 Å². The molecular weight excluding hydrogens is 272 g/mol. The first-order valence-electron chi connectivity index (χ1n) is 6.67. The van der Waals surface area contributed by atoms with E-state index >= 15 is 0 Å². The summed E-state index contributed by atoms with van der Waals surface area (Å²) >= 11 is 1.49. The normalized spacial score (nSPS) is 14.5. The highest BCUT2D eigenvalue weighted by atomic mass is 32.1. The van der Waals surface area contributed by atoms with Crippen LogP contribution in [0.4, 0.5) is 10.7 Å². The first-order valence-corrected chi connectivity index (χ1v) is 7.48. The Morgan fingerprint density at radius 2 is 2.35 bits per heavy atom. The Bertz CT molecular complexity index is 641. The number of anilines is 2. The molecule has 3 rings (SSSR count). The van der Waals surface area contributed by atoms with Gasteiger partial charge in [0.15, 0.2) is 5.78 Å². The highest BCUT2D eigenvalue weighted by Crippen LogP contribution is 2.39. The van der Waals surface area contributed by atoms with Crippen molar-refractivity contribution in [3.8, 4) is 0 Å². The Morgan fingerprint density at radius 1 is 1.60 bits per heavy atom. The molecule has 20 heavy (non-hydrogen) atoms. The van der Waals surface area contributed by atoms with Crippen molar-refractivity contribution in [1.82, 2.24) is 9.55 Å². The van der Waals surface area contributed by atoms with Crippen LogP contribution in [0.3, 0.4) is 0 Å². The second-order valence-electron chi connectivity index (χ2n) is 5.32. The first-order chi connectivity index (χ1) is 9.56. The fourth-order valence-corrected chi connectivity index (χ4v) is 3.20. The van der Waals surface area contributed by atoms with Crippen molar-refractivity contribution in [1.29, 1.82) is 0 Å². The van der Waals surface area contributed by atoms with E-state index in [1.54, 1.807) is 6.20 Å². The van der Waals surface area contributed by atoms with Gasteiger partial charge in [-0.15, -0.1) is 11.3 Å². The Kier molecular flexibility index (Phi) is 3.25. The number of Topliss-reactive ketones (excluding diaryl/α,β-unsaturated/α-hetero) is 1. The number of rotatable bonds is 5. The lowest BCUT2D eigenvalue weighted by atomic mass is 10.2. The van der Waals surface area contributed by atoms with Crippen LogP contribution < -0.4 is 10.6 Å². The van der Waals surface area contributed by atoms with Crippen molar-refractivity contribution in [2.24, 2.45) is 13.0 Å². The van der Waals surface area contributed by atoms with Crippen LogP contribution in [0, 0.1) is 5.92 Å². The Labute approximate surface area is 122 Å². The number of ketones is 1. The van der Waals surface area contributed by atoms with Crippen molar-refractivity contribution in [3.63, 3.8) is 0 Å². The lowest BCUT2D eigenvalue weighted by Crippen LogP contribution is -2.17. The van der Waals surface area contributed by atoms with Gasteiger partial charge in [-0.25, -0.2) is 4.98 Å². The first kappa shape index (κ1) is 13.2. The minimum atomic E-state index is 0.212. The van der Waals surface area contributed by atoms with Crippen LogP contribution in [0.15, 0.2) is 18.5 Å². The predicted octanol–water partition coefficient (Wildman–Crippen LogP) is 2.29. The Morgan fingerprint density at radius 3 is 2.95 bits per heavy atom. The molecule has 0 amide bonds. The number of nitrogens with zero attached hydrogens (tertiary/aromatic N) is 3. The molecule has 0 bridgehead atoms. The molecule has 1 aliphatic carbocycles. The fraction of sp³-hybridized carbons (Fsp3) is 0.429. The molecule has 0 unspecified atom stereocenters. The molecular formula is C14H18N4OS. The summed E-state index contributed by atoms with van der Waals surface area (Å²) in [4.78, 5) is 19.2. The van der Waals surface area contributed by atoms with E-state index in [0.717, 1.165) is 23.7 Å². The zero-order valence-corrected chi connectivity index (χ0v) is 12.5. The largest absolute Gasteiger partial charge is 0.397 e. The number of carbonyl (C=O) groups excluding carboxylic acids is 1. The van der Waals surface area contributed by atoms with Gasteiger partial charge >= 0.3 is 0 Å². The molecule has 1 aliphatic rings. The van der Waals surface area contributed by atoms with E-state index < -0.39 is 0 Å². The average Bonchev–Trinajstić information content (AvgIpc) is 3.09. The number of aromatic nitrogens is 2. The van der Waals surface area contributed by atoms with Crippen LogP contribution in [0.5, 0.6) is 0 Å². The summed E-state index contributed by atoms with van der Waals surface area (Å²) in [5.74, 6) is 1.40. The summed E-state index contributed by atoms with van der Waals surface area (Å²) in [7, 11) is 3.96. The van der Waals surface area contributed by atoms with E-state index in [0.29, 0.717) is 17.1 Å². The maximum atomic E-state index is 12.1. The third-order valence-corrected chi connectivity index (χ3v) is 4.88. The van der Waals surface area contributed by atoms with Gasteiger partial charge in [0, 0.05) is 32.4 Å². The third-order valence-electron chi connectivity index (χ3n) is 3.60. The summed E-state index contributed by atoms with van der Waals surface area (Å²) < 4.78 is 1.99. The monoisotopic (exact) mass is 290 g/mol. The van der Waals surface area contributed by atoms with Crippen molar-refractivity contribution in [3.05, 3.63) is 29.2 Å². The summed E-state index contributed by atoms with van der Waals surface area (Å²) in [6.07, 6.45) is 5.73. The molecule has 0 aliphatic heterocycles. The molecule has 5 nitrogen and oxygen atoms in total. The number of hydrogen-bond donors (Lipinski definition) is 1. The van der Waals surface area contributed by atoms with Gasteiger partial charge in [-0.2, -0.15) is 0 Å². The van der Waals surface area contributed by atoms with Gasteiger partial charge in [0.05, 0.1) is 22.1 Å². The summed E-state index contributed by atoms with van der Waals surface area (Å²) in [6.45, 7) is 0.695. The fourth-order valence-electron chi connectivity index (χ4n) is 2.14. The second kappa shape index (κ2) is 4.94. The highest BCUT2D eigenvalue weighted by molar-refractivity contribution is 7.18. The summed E-state index contributed by atoms with van der Waals surface area (Å²) in [6, 6.07) is 1.89. The van der Waals surface area contributed by atoms with Crippen LogP contribution in [0.1, 0.15) is 28.3 Å². The molecule has 0 aromatic carbocycles. The van der Waals surface area contributed by atoms with Crippen LogP contribution in [0.25, 0.3) is 0 Å². The summed E-state index contributed by atoms with van der Waals surface area (Å²) in [5.41, 5.74) is 6.60. The quantitative estimate of drug-likeness (QED) is 0.858. The van der Waals surface area contributed by atoms with Gasteiger partial charge < -0.3 is 15.2 Å². The average molecular weight is 290 g/mol. The maximum absolute atomic E-state index is 12.1. The van der Waals surface area contributed by atoms with Crippen molar-refractivity contribution in [2.45, 2.75) is 19.4 Å². The third kappa shape index (κ3) is 2.43. The molecule has 2 N–H and O–H groups in total. The molecule has 0 spiro atoms. The molecule has 2 aromatic rings. The van der Waals surface area contributed by atoms with E-state index in [4.69, 9.17) is 5.73 Å². The van der Waals surface area contributed by atoms with E-state index in [2.05, 4.69) is 9.88 Å². The summed E-state index contributed by atoms with van der Waals surface area (Å²) in [5, 5.41) is 1.01. The van der Waals surface area contributed by atoms with Crippen LogP contribution in [-0.2, 0) is 13.6 Å². The topological polar surface area (TPSA) is 64.2 Å². The number of nitrogen functional groups attached to an aromatic ring is 1. The molecule has 6 heteroatoms. The van der Waals surface area contributed by atoms with Gasteiger partial charge in [-0.1, -0.05) is 0 Å². The number of hydrogen-bond acceptors (Lipinski definition) is 5. The van der Waals surface area contributed by atoms with E-state index in [-0.39, 0.29) is 11.7 Å². The van der Waals surface area contributed by atoms with Gasteiger partial charge in [-0.3, -0.25) is 4.79 Å². The van der Waals surface area contributed by atoms with Crippen LogP contribution in [0.2, 0.25) is 0 Å². The van der Waals surface area contributed by atoms with Gasteiger partial charge in [-0.05, 0) is 18.9 Å². The maximum Gasteiger partial charge on any atom is 0.178 e. The lowest BCUT2D eigenvalue weighted by Gasteiger charge is -2.16. The molecule has 0 saturated heterocycles. The van der Waals surface area contributed by atoms with Crippen LogP contribution >= 0.6 is 11.3 Å². The number of imidazole rings is 1. The van der Waals surface area contributed by atoms with E-state index in [1.807, 2.05) is 30.9 Å². The van der Waals surface area contributed by atoms with Gasteiger partial charge in [0.1, 0.15) is 5.82 Å². The predicted molar refractivity (Wildman–Crippen MR) is 81.1 cm³/mol. The number of carbonyl (C=O) groups is 1. The lowest BCUT2D eigenvalue weighted by molar-refractivity contribution is 0.0972. The molecule has 1 fully saturated rings. The number of nitrogens with two attached hydrogens (primary N) is 1. The van der Waals surface area contributed by atoms with Crippen molar-refractivity contribution < 1.29 is 4.79 Å². The molecule has 0 radical (unpaired) electrons. The van der Waals surface area contributed by atoms with Crippen molar-refractivity contribution in [2.75, 3.05) is 17.7 Å². The number of thiophene rings is 1. The zero-order chi connectivity index (χ0) is 14.3. The van der Waals surface area contributed by atoms with E-state index in [9.17, 15) is 4.79 Å². The zero-order valence-electron chi connectivity index (χ0n) is 11.7. The molecule has 2 heterocycles. The molecule has 0 atom stereocenters. The molecule has 2 aromatic heterocycles. The molecule has 106 valence electrons. The smallest absolute Gasteiger partial charge is 0.178 e. The minimum Gasteiger partial charge on any atom is -0.397 e. The van der Waals surface area contributed by atoms with Crippen LogP contribution in [-0.4, -0.2) is 22.4 Å². The molecule has 1 saturated carbocycles. The highest BCUT2D eigenvalue weighted by Gasteiger charge is 2.32. The Balaban J connectivity index is 1.78. The Hall–Kier alpha value is -1.82. The van der Waals surface area contributed by atoms with Crippen molar-refractivity contribution >= 4 is 27.8 Å². The van der Waals surface area contributed by atoms with Gasteiger partial charge in [0.2, 0.25) is 0 Å². The SMILES string of the molecule is CN(Cc1nccn1C)c1cc(N)c(C(=O)C2CC2)s1. The number of aryl methyl sites for hydroxylation is 1. The van der Waals surface area contributed by atoms with E-state index in [1.165, 1.54) is 11.3 Å².